The van der Waals surface area contributed by atoms with Crippen LogP contribution in [0.3, 0.4) is 0 Å². The van der Waals surface area contributed by atoms with E-state index in [9.17, 15) is 0 Å². The van der Waals surface area contributed by atoms with Gasteiger partial charge in [0, 0.05) is 10.4 Å². The lowest BCUT2D eigenvalue weighted by molar-refractivity contribution is 1.61. The van der Waals surface area contributed by atoms with Crippen LogP contribution < -0.4 is 10.4 Å². The number of thioether (sulfide) groups is 4. The Balaban J connectivity index is 1.94. The van der Waals surface area contributed by atoms with E-state index in [1.54, 1.807) is 0 Å². The van der Waals surface area contributed by atoms with E-state index in [1.165, 1.54) is 51.6 Å². The van der Waals surface area contributed by atoms with Crippen molar-refractivity contribution >= 4 is 77.1 Å². The molecule has 0 saturated heterocycles. The van der Waals surface area contributed by atoms with Crippen LogP contribution in [0.5, 0.6) is 0 Å². The normalized spacial score (nSPS) is 17.9. The van der Waals surface area contributed by atoms with Crippen molar-refractivity contribution in [1.82, 2.24) is 0 Å². The molecular formula is C21H12S4. The second-order valence-corrected chi connectivity index (χ2v) is 10.4. The van der Waals surface area contributed by atoms with E-state index in [2.05, 4.69) is 58.0 Å². The minimum Gasteiger partial charge on any atom is -0.0895 e. The Bertz CT molecular complexity index is 1150. The highest BCUT2D eigenvalue weighted by Crippen LogP contribution is 2.42. The summed E-state index contributed by atoms with van der Waals surface area (Å²) in [6.45, 7) is 0. The van der Waals surface area contributed by atoms with Crippen LogP contribution in [-0.4, -0.2) is 0 Å². The average molecular weight is 393 g/mol. The Hall–Kier alpha value is -1.20. The largest absolute Gasteiger partial charge is 0.0895 e. The molecular weight excluding hydrogens is 380 g/mol. The molecule has 4 heteroatoms. The van der Waals surface area contributed by atoms with Gasteiger partial charge in [-0.1, -0.05) is 71.3 Å². The minimum atomic E-state index is 1.16. The molecule has 0 spiro atoms. The standard InChI is InChI=1S/C21H12S4/c1-2-4-15-14(3-1)18(20-22-5-6-23-20)16-10-12-9-13(12)11-17(16)19(15)21-24-7-8-25-21/h1-8,10-11H,9H2. The highest BCUT2D eigenvalue weighted by molar-refractivity contribution is 8.35. The van der Waals surface area contributed by atoms with Gasteiger partial charge >= 0.3 is 0 Å². The zero-order chi connectivity index (χ0) is 16.4. The van der Waals surface area contributed by atoms with Gasteiger partial charge in [-0.05, 0) is 72.9 Å². The van der Waals surface area contributed by atoms with Crippen molar-refractivity contribution < 1.29 is 0 Å². The first-order valence-corrected chi connectivity index (χ1v) is 11.6. The van der Waals surface area contributed by atoms with Gasteiger partial charge in [0.1, 0.15) is 0 Å². The SMILES string of the molecule is C1=CSC(=c2c3ccccc3c(=C3SC=CS3)c3cc4c(cc23)C4)S1. The summed E-state index contributed by atoms with van der Waals surface area (Å²) in [5.74, 6) is 0. The number of rotatable bonds is 0. The van der Waals surface area contributed by atoms with Gasteiger partial charge in [0.25, 0.3) is 0 Å². The zero-order valence-electron chi connectivity index (χ0n) is 13.1. The van der Waals surface area contributed by atoms with Crippen LogP contribution in [0.15, 0.2) is 58.0 Å². The molecule has 0 saturated carbocycles. The molecule has 0 N–H and O–H groups in total. The van der Waals surface area contributed by atoms with Crippen molar-refractivity contribution in [2.45, 2.75) is 6.42 Å². The predicted octanol–water partition coefficient (Wildman–Crippen LogP) is 5.93. The van der Waals surface area contributed by atoms with Gasteiger partial charge in [0.2, 0.25) is 0 Å². The molecule has 6 rings (SSSR count). The molecule has 0 bridgehead atoms. The molecule has 0 nitrogen and oxygen atoms in total. The van der Waals surface area contributed by atoms with Gasteiger partial charge in [-0.25, -0.2) is 0 Å². The molecule has 0 radical (unpaired) electrons. The Morgan fingerprint density at radius 1 is 0.560 bits per heavy atom. The third kappa shape index (κ3) is 2.28. The topological polar surface area (TPSA) is 0 Å². The molecule has 3 aliphatic rings. The summed E-state index contributed by atoms with van der Waals surface area (Å²) in [4.78, 5) is 0. The van der Waals surface area contributed by atoms with Crippen LogP contribution in [0.1, 0.15) is 11.1 Å². The van der Waals surface area contributed by atoms with Crippen LogP contribution in [0, 0.1) is 0 Å². The molecule has 120 valence electrons. The maximum Gasteiger partial charge on any atom is 0.0571 e. The molecule has 3 aromatic carbocycles. The van der Waals surface area contributed by atoms with Crippen molar-refractivity contribution in [2.75, 3.05) is 0 Å². The molecule has 0 unspecified atom stereocenters. The van der Waals surface area contributed by atoms with Crippen molar-refractivity contribution in [1.29, 1.82) is 0 Å². The van der Waals surface area contributed by atoms with Gasteiger partial charge in [-0.2, -0.15) is 0 Å². The minimum absolute atomic E-state index is 1.16. The second-order valence-electron chi connectivity index (χ2n) is 6.23. The summed E-state index contributed by atoms with van der Waals surface area (Å²) >= 11 is 7.42. The first kappa shape index (κ1) is 14.9. The summed E-state index contributed by atoms with van der Waals surface area (Å²) < 4.78 is 2.81. The van der Waals surface area contributed by atoms with Gasteiger partial charge < -0.3 is 0 Å². The third-order valence-corrected chi connectivity index (χ3v) is 9.08. The Labute approximate surface area is 162 Å². The molecule has 2 heterocycles. The summed E-state index contributed by atoms with van der Waals surface area (Å²) in [6, 6.07) is 13.8. The second kappa shape index (κ2) is 5.65. The van der Waals surface area contributed by atoms with Crippen molar-refractivity contribution in [3.63, 3.8) is 0 Å². The first-order chi connectivity index (χ1) is 12.4. The fraction of sp³-hybridized carbons (Fsp3) is 0.0476. The van der Waals surface area contributed by atoms with Crippen molar-refractivity contribution in [2.24, 2.45) is 0 Å². The lowest BCUT2D eigenvalue weighted by atomic mass is 9.99. The van der Waals surface area contributed by atoms with Crippen LogP contribution in [0.2, 0.25) is 0 Å². The van der Waals surface area contributed by atoms with E-state index in [1.807, 2.05) is 47.0 Å². The van der Waals surface area contributed by atoms with E-state index in [0.29, 0.717) is 0 Å². The lowest BCUT2D eigenvalue weighted by Gasteiger charge is -2.10. The summed E-state index contributed by atoms with van der Waals surface area (Å²) in [5, 5.41) is 17.2. The number of hydrogen-bond donors (Lipinski definition) is 0. The number of benzene rings is 3. The number of fused-ring (bicyclic) bond motifs is 3. The summed E-state index contributed by atoms with van der Waals surface area (Å²) in [6.07, 6.45) is 1.16. The van der Waals surface area contributed by atoms with E-state index in [4.69, 9.17) is 0 Å². The molecule has 1 aliphatic carbocycles. The van der Waals surface area contributed by atoms with Gasteiger partial charge in [0.15, 0.2) is 0 Å². The first-order valence-electron chi connectivity index (χ1n) is 8.12. The van der Waals surface area contributed by atoms with E-state index < -0.39 is 0 Å². The van der Waals surface area contributed by atoms with Gasteiger partial charge in [-0.15, -0.1) is 0 Å². The van der Waals surface area contributed by atoms with Crippen LogP contribution in [0.25, 0.3) is 30.0 Å². The smallest absolute Gasteiger partial charge is 0.0571 e. The van der Waals surface area contributed by atoms with E-state index >= 15 is 0 Å². The van der Waals surface area contributed by atoms with E-state index in [0.717, 1.165) is 6.42 Å². The number of hydrogen-bond acceptors (Lipinski definition) is 4. The summed E-state index contributed by atoms with van der Waals surface area (Å²) in [7, 11) is 0. The average Bonchev–Trinajstić information content (AvgIpc) is 3.05. The maximum atomic E-state index is 2.45. The fourth-order valence-electron chi connectivity index (χ4n) is 3.66. The van der Waals surface area contributed by atoms with Crippen LogP contribution in [0.4, 0.5) is 0 Å². The Morgan fingerprint density at radius 2 is 1.00 bits per heavy atom. The predicted molar refractivity (Wildman–Crippen MR) is 119 cm³/mol. The molecule has 25 heavy (non-hydrogen) atoms. The molecule has 0 amide bonds. The fourth-order valence-corrected chi connectivity index (χ4v) is 7.51. The molecule has 0 aromatic heterocycles. The van der Waals surface area contributed by atoms with Crippen LogP contribution >= 0.6 is 47.0 Å². The molecule has 0 atom stereocenters. The zero-order valence-corrected chi connectivity index (χ0v) is 16.4. The summed E-state index contributed by atoms with van der Waals surface area (Å²) in [5.41, 5.74) is 3.04. The third-order valence-electron chi connectivity index (χ3n) is 4.82. The molecule has 3 aromatic rings. The Kier molecular flexibility index (Phi) is 3.37. The monoisotopic (exact) mass is 392 g/mol. The maximum absolute atomic E-state index is 2.45. The van der Waals surface area contributed by atoms with E-state index in [-0.39, 0.29) is 0 Å². The highest BCUT2D eigenvalue weighted by Gasteiger charge is 2.21. The van der Waals surface area contributed by atoms with Crippen molar-refractivity contribution in [3.8, 4) is 0 Å². The van der Waals surface area contributed by atoms with Gasteiger partial charge in [0.05, 0.1) is 8.47 Å². The van der Waals surface area contributed by atoms with Crippen molar-refractivity contribution in [3.05, 3.63) is 79.6 Å². The van der Waals surface area contributed by atoms with Gasteiger partial charge in [-0.3, -0.25) is 0 Å². The lowest BCUT2D eigenvalue weighted by Crippen LogP contribution is -2.16. The molecule has 0 fully saturated rings. The molecule has 2 aliphatic heterocycles. The quantitative estimate of drug-likeness (QED) is 0.340. The Morgan fingerprint density at radius 3 is 1.44 bits per heavy atom. The van der Waals surface area contributed by atoms with Crippen LogP contribution in [-0.2, 0) is 6.42 Å². The highest BCUT2D eigenvalue weighted by atomic mass is 32.2.